The molecule has 1 rings (SSSR count). The zero-order chi connectivity index (χ0) is 26.7. The highest BCUT2D eigenvalue weighted by molar-refractivity contribution is 7.99. The van der Waals surface area contributed by atoms with E-state index in [9.17, 15) is 19.6 Å². The highest BCUT2D eigenvalue weighted by atomic mass is 32.2. The zero-order valence-electron chi connectivity index (χ0n) is 22.7. The number of carboxylic acid groups (broad SMARTS) is 1. The SMILES string of the molecule is C/C=C/C=C(/C=C/CCCCCCCCCC)C(CC)(C(=O)O)C(=O)NCC1(SN=O)CCCCC1. The van der Waals surface area contributed by atoms with Crippen LogP contribution in [0.1, 0.15) is 117 Å². The standard InChI is InChI=1S/C29H48N2O4S/c1-4-7-9-10-11-12-13-14-15-17-21-25(20-8-5-2)29(6-3,27(33)34)26(32)30-24-28(36-31-35)22-18-16-19-23-28/h5,8,17,20-21H,4,6-7,9-16,18-19,22-24H2,1-3H3,(H,30,32)(H,33,34)/b8-5+,21-17+,25-20-. The predicted molar refractivity (Wildman–Crippen MR) is 152 cm³/mol. The molecule has 204 valence electrons. The summed E-state index contributed by atoms with van der Waals surface area (Å²) < 4.78 is 2.61. The summed E-state index contributed by atoms with van der Waals surface area (Å²) in [4.78, 5) is 37.2. The van der Waals surface area contributed by atoms with E-state index in [0.29, 0.717) is 5.57 Å². The third-order valence-corrected chi connectivity index (χ3v) is 8.35. The molecule has 0 spiro atoms. The van der Waals surface area contributed by atoms with Gasteiger partial charge in [0.25, 0.3) is 0 Å². The van der Waals surface area contributed by atoms with Gasteiger partial charge in [-0.05, 0) is 44.6 Å². The summed E-state index contributed by atoms with van der Waals surface area (Å²) in [5, 5.41) is 13.2. The molecule has 0 aromatic carbocycles. The minimum atomic E-state index is -1.69. The highest BCUT2D eigenvalue weighted by Crippen LogP contribution is 2.41. The topological polar surface area (TPSA) is 95.8 Å². The lowest BCUT2D eigenvalue weighted by molar-refractivity contribution is -0.153. The van der Waals surface area contributed by atoms with Crippen LogP contribution in [0, 0.1) is 10.3 Å². The monoisotopic (exact) mass is 520 g/mol. The van der Waals surface area contributed by atoms with E-state index in [1.807, 2.05) is 25.2 Å². The number of carbonyl (C=O) groups is 2. The Bertz CT molecular complexity index is 756. The van der Waals surface area contributed by atoms with Crippen LogP contribution >= 0.6 is 11.9 Å². The van der Waals surface area contributed by atoms with Crippen LogP contribution in [-0.4, -0.2) is 28.3 Å². The first-order chi connectivity index (χ1) is 17.4. The number of amides is 1. The smallest absolute Gasteiger partial charge is 0.323 e. The normalized spacial score (nSPS) is 17.8. The van der Waals surface area contributed by atoms with Crippen LogP contribution in [0.2, 0.25) is 0 Å². The second-order valence-electron chi connectivity index (χ2n) is 9.97. The van der Waals surface area contributed by atoms with Crippen molar-refractivity contribution in [3.8, 4) is 0 Å². The Labute approximate surface area is 223 Å². The number of nitrogens with zero attached hydrogens (tertiary/aromatic N) is 1. The van der Waals surface area contributed by atoms with E-state index in [-0.39, 0.29) is 13.0 Å². The lowest BCUT2D eigenvalue weighted by Crippen LogP contribution is -2.51. The molecule has 36 heavy (non-hydrogen) atoms. The van der Waals surface area contributed by atoms with E-state index in [1.54, 1.807) is 19.1 Å². The highest BCUT2D eigenvalue weighted by Gasteiger charge is 2.48. The molecule has 0 aromatic rings. The molecular weight excluding hydrogens is 472 g/mol. The summed E-state index contributed by atoms with van der Waals surface area (Å²) in [6, 6.07) is 0. The minimum Gasteiger partial charge on any atom is -0.480 e. The molecule has 0 radical (unpaired) electrons. The maximum Gasteiger partial charge on any atom is 0.323 e. The number of hydrogen-bond acceptors (Lipinski definition) is 5. The molecular formula is C29H48N2O4S. The second kappa shape index (κ2) is 18.4. The maximum absolute atomic E-state index is 13.5. The van der Waals surface area contributed by atoms with Gasteiger partial charge >= 0.3 is 5.97 Å². The van der Waals surface area contributed by atoms with Gasteiger partial charge in [-0.2, -0.15) is 0 Å². The number of allylic oxidation sites excluding steroid dienone is 5. The van der Waals surface area contributed by atoms with Crippen LogP contribution in [-0.2, 0) is 9.59 Å². The van der Waals surface area contributed by atoms with Gasteiger partial charge in [-0.1, -0.05) is 108 Å². The molecule has 1 fully saturated rings. The predicted octanol–water partition coefficient (Wildman–Crippen LogP) is 8.29. The minimum absolute atomic E-state index is 0.131. The summed E-state index contributed by atoms with van der Waals surface area (Å²) in [5.74, 6) is -1.68. The molecule has 0 aromatic heterocycles. The van der Waals surface area contributed by atoms with Gasteiger partial charge in [-0.15, -0.1) is 4.91 Å². The number of nitroso groups, excluding NO2 is 1. The van der Waals surface area contributed by atoms with Crippen LogP contribution in [0.5, 0.6) is 0 Å². The van der Waals surface area contributed by atoms with Gasteiger partial charge in [0.2, 0.25) is 5.91 Å². The number of carbonyl (C=O) groups excluding carboxylic acids is 1. The Hall–Kier alpha value is -1.89. The maximum atomic E-state index is 13.5. The summed E-state index contributed by atoms with van der Waals surface area (Å²) >= 11 is 0.987. The number of carboxylic acids is 1. The molecule has 1 saturated carbocycles. The molecule has 0 saturated heterocycles. The first kappa shape index (κ1) is 32.1. The zero-order valence-corrected chi connectivity index (χ0v) is 23.5. The molecule has 1 aliphatic rings. The summed E-state index contributed by atoms with van der Waals surface area (Å²) in [6.07, 6.45) is 24.7. The number of aliphatic carboxylic acids is 1. The van der Waals surface area contributed by atoms with Crippen molar-refractivity contribution in [1.29, 1.82) is 0 Å². The Balaban J connectivity index is 2.90. The van der Waals surface area contributed by atoms with Crippen molar-refractivity contribution in [3.63, 3.8) is 0 Å². The van der Waals surface area contributed by atoms with Gasteiger partial charge in [-0.25, -0.2) is 0 Å². The van der Waals surface area contributed by atoms with E-state index >= 15 is 0 Å². The number of unbranched alkanes of at least 4 members (excludes halogenated alkanes) is 8. The summed E-state index contributed by atoms with van der Waals surface area (Å²) in [7, 11) is 0. The fourth-order valence-electron chi connectivity index (χ4n) is 4.98. The Kier molecular flexibility index (Phi) is 16.4. The Morgan fingerprint density at radius 3 is 2.22 bits per heavy atom. The van der Waals surface area contributed by atoms with Crippen LogP contribution in [0.3, 0.4) is 0 Å². The van der Waals surface area contributed by atoms with E-state index in [2.05, 4.69) is 16.8 Å². The molecule has 1 aliphatic carbocycles. The third-order valence-electron chi connectivity index (χ3n) is 7.33. The van der Waals surface area contributed by atoms with Crippen molar-refractivity contribution in [2.75, 3.05) is 6.54 Å². The fourth-order valence-corrected chi connectivity index (χ4v) is 5.75. The summed E-state index contributed by atoms with van der Waals surface area (Å²) in [5.41, 5.74) is -1.21. The second-order valence-corrected chi connectivity index (χ2v) is 11.2. The average Bonchev–Trinajstić information content (AvgIpc) is 2.87. The fraction of sp³-hybridized carbons (Fsp3) is 0.724. The number of hydrogen-bond donors (Lipinski definition) is 2. The Morgan fingerprint density at radius 1 is 1.03 bits per heavy atom. The van der Waals surface area contributed by atoms with Gasteiger partial charge in [0.05, 0.1) is 4.75 Å². The van der Waals surface area contributed by atoms with Crippen molar-refractivity contribution < 1.29 is 14.7 Å². The van der Waals surface area contributed by atoms with E-state index < -0.39 is 22.0 Å². The van der Waals surface area contributed by atoms with Crippen LogP contribution in [0.4, 0.5) is 0 Å². The van der Waals surface area contributed by atoms with Crippen molar-refractivity contribution in [3.05, 3.63) is 40.9 Å². The first-order valence-corrected chi connectivity index (χ1v) is 14.7. The molecule has 0 bridgehead atoms. The van der Waals surface area contributed by atoms with Gasteiger partial charge in [0, 0.05) is 23.1 Å². The molecule has 0 heterocycles. The molecule has 0 aliphatic heterocycles. The molecule has 1 unspecified atom stereocenters. The van der Waals surface area contributed by atoms with E-state index in [1.165, 1.54) is 38.5 Å². The number of rotatable bonds is 19. The van der Waals surface area contributed by atoms with Crippen molar-refractivity contribution in [1.82, 2.24) is 5.32 Å². The first-order valence-electron chi connectivity index (χ1n) is 13.9. The molecule has 2 N–H and O–H groups in total. The largest absolute Gasteiger partial charge is 0.480 e. The molecule has 6 nitrogen and oxygen atoms in total. The van der Waals surface area contributed by atoms with Gasteiger partial charge in [-0.3, -0.25) is 9.59 Å². The van der Waals surface area contributed by atoms with Gasteiger partial charge < -0.3 is 10.4 Å². The van der Waals surface area contributed by atoms with E-state index in [0.717, 1.165) is 63.3 Å². The van der Waals surface area contributed by atoms with Gasteiger partial charge in [0.1, 0.15) is 0 Å². The van der Waals surface area contributed by atoms with Crippen molar-refractivity contribution in [2.45, 2.75) is 122 Å². The van der Waals surface area contributed by atoms with Crippen LogP contribution in [0.25, 0.3) is 0 Å². The number of nitrogens with one attached hydrogen (secondary N) is 1. The van der Waals surface area contributed by atoms with Crippen molar-refractivity contribution >= 4 is 23.8 Å². The van der Waals surface area contributed by atoms with Crippen molar-refractivity contribution in [2.24, 2.45) is 10.00 Å². The summed E-state index contributed by atoms with van der Waals surface area (Å²) in [6.45, 7) is 6.07. The Morgan fingerprint density at radius 2 is 1.67 bits per heavy atom. The quantitative estimate of drug-likeness (QED) is 0.0587. The van der Waals surface area contributed by atoms with Crippen LogP contribution < -0.4 is 5.32 Å². The van der Waals surface area contributed by atoms with Gasteiger partial charge in [0.15, 0.2) is 5.41 Å². The lowest BCUT2D eigenvalue weighted by atomic mass is 9.75. The molecule has 7 heteroatoms. The van der Waals surface area contributed by atoms with E-state index in [4.69, 9.17) is 0 Å². The average molecular weight is 521 g/mol. The molecule has 1 amide bonds. The molecule has 1 atom stereocenters. The third kappa shape index (κ3) is 10.2. The van der Waals surface area contributed by atoms with Crippen LogP contribution in [0.15, 0.2) is 40.5 Å². The lowest BCUT2D eigenvalue weighted by Gasteiger charge is -2.35.